The third kappa shape index (κ3) is 3.77. The Morgan fingerprint density at radius 1 is 1.31 bits per heavy atom. The van der Waals surface area contributed by atoms with Crippen LogP contribution >= 0.6 is 22.6 Å². The van der Waals surface area contributed by atoms with Crippen molar-refractivity contribution in [1.29, 1.82) is 0 Å². The van der Waals surface area contributed by atoms with Gasteiger partial charge < -0.3 is 5.32 Å². The molecule has 2 nitrogen and oxygen atoms in total. The van der Waals surface area contributed by atoms with Gasteiger partial charge in [0.1, 0.15) is 0 Å². The van der Waals surface area contributed by atoms with E-state index in [-0.39, 0.29) is 5.91 Å². The summed E-state index contributed by atoms with van der Waals surface area (Å²) in [4.78, 5) is 11.6. The molecule has 1 amide bonds. The Kier molecular flexibility index (Phi) is 4.77. The maximum Gasteiger partial charge on any atom is 0.224 e. The van der Waals surface area contributed by atoms with Gasteiger partial charge in [-0.1, -0.05) is 13.8 Å². The molecule has 0 unspecified atom stereocenters. The van der Waals surface area contributed by atoms with Crippen LogP contribution in [-0.4, -0.2) is 5.91 Å². The molecule has 0 aliphatic carbocycles. The third-order valence-electron chi connectivity index (χ3n) is 2.31. The summed E-state index contributed by atoms with van der Waals surface area (Å²) in [6.07, 6.45) is 0.573. The van der Waals surface area contributed by atoms with Crippen LogP contribution in [0.5, 0.6) is 0 Å². The van der Waals surface area contributed by atoms with Crippen molar-refractivity contribution in [3.05, 3.63) is 26.8 Å². The number of rotatable bonds is 3. The average Bonchev–Trinajstić information content (AvgIpc) is 2.12. The van der Waals surface area contributed by atoms with E-state index >= 15 is 0 Å². The number of aryl methyl sites for hydroxylation is 2. The first-order valence-corrected chi connectivity index (χ1v) is 6.54. The topological polar surface area (TPSA) is 29.1 Å². The number of hydrogen-bond acceptors (Lipinski definition) is 1. The minimum absolute atomic E-state index is 0.0926. The Labute approximate surface area is 111 Å². The fourth-order valence-electron chi connectivity index (χ4n) is 1.60. The standard InChI is InChI=1S/C13H18INO/c1-8(2)5-12(16)15-11-6-9(3)13(14)10(4)7-11/h6-8H,5H2,1-4H3,(H,15,16). The predicted octanol–water partition coefficient (Wildman–Crippen LogP) is 3.89. The fraction of sp³-hybridized carbons (Fsp3) is 0.462. The lowest BCUT2D eigenvalue weighted by molar-refractivity contribution is -0.116. The third-order valence-corrected chi connectivity index (χ3v) is 4.02. The maximum atomic E-state index is 11.6. The lowest BCUT2D eigenvalue weighted by Gasteiger charge is -2.10. The number of anilines is 1. The highest BCUT2D eigenvalue weighted by molar-refractivity contribution is 14.1. The van der Waals surface area contributed by atoms with Gasteiger partial charge in [0.25, 0.3) is 0 Å². The molecule has 0 spiro atoms. The lowest BCUT2D eigenvalue weighted by Crippen LogP contribution is -2.14. The summed E-state index contributed by atoms with van der Waals surface area (Å²) in [5.41, 5.74) is 3.32. The summed E-state index contributed by atoms with van der Waals surface area (Å²) >= 11 is 2.33. The molecule has 0 aliphatic rings. The Hall–Kier alpha value is -0.580. The highest BCUT2D eigenvalue weighted by Gasteiger charge is 2.07. The van der Waals surface area contributed by atoms with Crippen molar-refractivity contribution < 1.29 is 4.79 Å². The van der Waals surface area contributed by atoms with Crippen LogP contribution in [0.1, 0.15) is 31.4 Å². The number of carbonyl (C=O) groups is 1. The molecule has 1 aromatic rings. The molecule has 1 N–H and O–H groups in total. The Morgan fingerprint density at radius 3 is 2.25 bits per heavy atom. The van der Waals surface area contributed by atoms with Gasteiger partial charge in [-0.3, -0.25) is 4.79 Å². The zero-order valence-corrected chi connectivity index (χ0v) is 12.4. The fourth-order valence-corrected chi connectivity index (χ4v) is 1.91. The van der Waals surface area contributed by atoms with Gasteiger partial charge in [-0.15, -0.1) is 0 Å². The van der Waals surface area contributed by atoms with Crippen LogP contribution in [0.3, 0.4) is 0 Å². The maximum absolute atomic E-state index is 11.6. The lowest BCUT2D eigenvalue weighted by atomic mass is 10.1. The molecule has 0 saturated carbocycles. The summed E-state index contributed by atoms with van der Waals surface area (Å²) in [6, 6.07) is 4.04. The minimum atomic E-state index is 0.0926. The van der Waals surface area contributed by atoms with Crippen molar-refractivity contribution in [2.45, 2.75) is 34.1 Å². The van der Waals surface area contributed by atoms with E-state index in [1.807, 2.05) is 26.0 Å². The smallest absolute Gasteiger partial charge is 0.224 e. The van der Waals surface area contributed by atoms with Gasteiger partial charge in [-0.05, 0) is 65.6 Å². The highest BCUT2D eigenvalue weighted by Crippen LogP contribution is 2.21. The number of amides is 1. The molecule has 0 heterocycles. The van der Waals surface area contributed by atoms with E-state index in [4.69, 9.17) is 0 Å². The summed E-state index contributed by atoms with van der Waals surface area (Å²) in [7, 11) is 0. The number of benzene rings is 1. The van der Waals surface area contributed by atoms with Crippen molar-refractivity contribution in [2.75, 3.05) is 5.32 Å². The Morgan fingerprint density at radius 2 is 1.81 bits per heavy atom. The number of carbonyl (C=O) groups excluding carboxylic acids is 1. The van der Waals surface area contributed by atoms with Crippen molar-refractivity contribution in [1.82, 2.24) is 0 Å². The number of nitrogens with one attached hydrogen (secondary N) is 1. The first kappa shape index (κ1) is 13.5. The molecule has 0 radical (unpaired) electrons. The van der Waals surface area contributed by atoms with Crippen LogP contribution in [-0.2, 0) is 4.79 Å². The van der Waals surface area contributed by atoms with Gasteiger partial charge >= 0.3 is 0 Å². The SMILES string of the molecule is Cc1cc(NC(=O)CC(C)C)cc(C)c1I. The molecule has 0 atom stereocenters. The van der Waals surface area contributed by atoms with E-state index in [0.29, 0.717) is 12.3 Å². The van der Waals surface area contributed by atoms with E-state index in [2.05, 4.69) is 41.8 Å². The summed E-state index contributed by atoms with van der Waals surface area (Å²) in [6.45, 7) is 8.22. The summed E-state index contributed by atoms with van der Waals surface area (Å²) in [5.74, 6) is 0.487. The minimum Gasteiger partial charge on any atom is -0.326 e. The average molecular weight is 331 g/mol. The first-order chi connectivity index (χ1) is 7.40. The molecule has 16 heavy (non-hydrogen) atoms. The molecule has 3 heteroatoms. The number of hydrogen-bond donors (Lipinski definition) is 1. The second-order valence-electron chi connectivity index (χ2n) is 4.57. The van der Waals surface area contributed by atoms with E-state index in [1.54, 1.807) is 0 Å². The zero-order valence-electron chi connectivity index (χ0n) is 10.2. The molecular formula is C13H18INO. The van der Waals surface area contributed by atoms with E-state index in [0.717, 1.165) is 5.69 Å². The van der Waals surface area contributed by atoms with Crippen molar-refractivity contribution >= 4 is 34.2 Å². The van der Waals surface area contributed by atoms with Crippen LogP contribution in [0.2, 0.25) is 0 Å². The normalized spacial score (nSPS) is 10.6. The monoisotopic (exact) mass is 331 g/mol. The number of halogens is 1. The summed E-state index contributed by atoms with van der Waals surface area (Å²) in [5, 5.41) is 2.94. The van der Waals surface area contributed by atoms with Crippen LogP contribution in [0.4, 0.5) is 5.69 Å². The molecule has 1 rings (SSSR count). The molecule has 0 aromatic heterocycles. The van der Waals surface area contributed by atoms with Gasteiger partial charge in [-0.25, -0.2) is 0 Å². The predicted molar refractivity (Wildman–Crippen MR) is 76.7 cm³/mol. The molecule has 0 saturated heterocycles. The van der Waals surface area contributed by atoms with Crippen LogP contribution < -0.4 is 5.32 Å². The van der Waals surface area contributed by atoms with E-state index < -0.39 is 0 Å². The van der Waals surface area contributed by atoms with Gasteiger partial charge in [0.05, 0.1) is 0 Å². The molecule has 88 valence electrons. The molecule has 0 bridgehead atoms. The Balaban J connectivity index is 2.79. The van der Waals surface area contributed by atoms with Crippen molar-refractivity contribution in [3.8, 4) is 0 Å². The second-order valence-corrected chi connectivity index (χ2v) is 5.65. The summed E-state index contributed by atoms with van der Waals surface area (Å²) < 4.78 is 1.26. The van der Waals surface area contributed by atoms with Gasteiger partial charge in [-0.2, -0.15) is 0 Å². The quantitative estimate of drug-likeness (QED) is 0.837. The first-order valence-electron chi connectivity index (χ1n) is 5.46. The molecule has 0 fully saturated rings. The highest BCUT2D eigenvalue weighted by atomic mass is 127. The van der Waals surface area contributed by atoms with Gasteiger partial charge in [0.2, 0.25) is 5.91 Å². The molecular weight excluding hydrogens is 313 g/mol. The Bertz CT molecular complexity index is 376. The second kappa shape index (κ2) is 5.66. The van der Waals surface area contributed by atoms with Gasteiger partial charge in [0.15, 0.2) is 0 Å². The van der Waals surface area contributed by atoms with Crippen LogP contribution in [0.25, 0.3) is 0 Å². The van der Waals surface area contributed by atoms with E-state index in [1.165, 1.54) is 14.7 Å². The van der Waals surface area contributed by atoms with Crippen LogP contribution in [0, 0.1) is 23.3 Å². The van der Waals surface area contributed by atoms with Gasteiger partial charge in [0, 0.05) is 15.7 Å². The van der Waals surface area contributed by atoms with Crippen LogP contribution in [0.15, 0.2) is 12.1 Å². The van der Waals surface area contributed by atoms with Crippen molar-refractivity contribution in [3.63, 3.8) is 0 Å². The van der Waals surface area contributed by atoms with E-state index in [9.17, 15) is 4.79 Å². The largest absolute Gasteiger partial charge is 0.326 e. The zero-order chi connectivity index (χ0) is 12.3. The molecule has 0 aliphatic heterocycles. The molecule has 1 aromatic carbocycles. The van der Waals surface area contributed by atoms with Crippen molar-refractivity contribution in [2.24, 2.45) is 5.92 Å².